The molecule has 0 bridgehead atoms. The lowest BCUT2D eigenvalue weighted by Crippen LogP contribution is -2.13. The van der Waals surface area contributed by atoms with Crippen LogP contribution in [0.5, 0.6) is 5.75 Å². The van der Waals surface area contributed by atoms with Crippen molar-refractivity contribution in [3.63, 3.8) is 0 Å². The Morgan fingerprint density at radius 1 is 0.923 bits per heavy atom. The molecule has 0 saturated carbocycles. The number of esters is 1. The molecule has 0 fully saturated rings. The number of ketones is 1. The molecule has 0 aliphatic carbocycles. The van der Waals surface area contributed by atoms with Gasteiger partial charge in [-0.1, -0.05) is 46.3 Å². The maximum atomic E-state index is 12.0. The molecule has 26 heavy (non-hydrogen) atoms. The number of furan rings is 1. The number of ether oxygens (including phenoxy) is 2. The van der Waals surface area contributed by atoms with E-state index in [1.807, 2.05) is 30.3 Å². The van der Waals surface area contributed by atoms with Gasteiger partial charge in [-0.2, -0.15) is 0 Å². The third-order valence-corrected chi connectivity index (χ3v) is 4.02. The van der Waals surface area contributed by atoms with Crippen LogP contribution < -0.4 is 4.74 Å². The molecule has 0 unspecified atom stereocenters. The van der Waals surface area contributed by atoms with Gasteiger partial charge in [0.2, 0.25) is 5.76 Å². The number of carbonyl (C=O) groups is 2. The average molecular weight is 415 g/mol. The lowest BCUT2D eigenvalue weighted by Gasteiger charge is -2.04. The van der Waals surface area contributed by atoms with Gasteiger partial charge in [-0.05, 0) is 36.4 Å². The second kappa shape index (κ2) is 8.49. The van der Waals surface area contributed by atoms with E-state index in [0.717, 1.165) is 4.47 Å². The topological polar surface area (TPSA) is 65.7 Å². The number of para-hydroxylation sites is 1. The standard InChI is InChI=1S/C20H15BrO5/c21-15-8-6-14(7-9-15)18(22)13-25-20(23)19-11-10-17(26-19)12-24-16-4-2-1-3-5-16/h1-11H,12-13H2. The van der Waals surface area contributed by atoms with Gasteiger partial charge in [0.25, 0.3) is 0 Å². The number of rotatable bonds is 7. The molecule has 132 valence electrons. The van der Waals surface area contributed by atoms with Gasteiger partial charge in [0.15, 0.2) is 12.4 Å². The van der Waals surface area contributed by atoms with Crippen molar-refractivity contribution >= 4 is 27.7 Å². The minimum absolute atomic E-state index is 0.0280. The van der Waals surface area contributed by atoms with Gasteiger partial charge in [0, 0.05) is 10.0 Å². The van der Waals surface area contributed by atoms with Crippen molar-refractivity contribution < 1.29 is 23.5 Å². The predicted molar refractivity (Wildman–Crippen MR) is 98.2 cm³/mol. The van der Waals surface area contributed by atoms with Crippen LogP contribution in [0.25, 0.3) is 0 Å². The average Bonchev–Trinajstić information content (AvgIpc) is 3.15. The molecule has 0 amide bonds. The fourth-order valence-electron chi connectivity index (χ4n) is 2.16. The lowest BCUT2D eigenvalue weighted by atomic mass is 10.1. The molecule has 0 aliphatic rings. The molecule has 3 aromatic rings. The Labute approximate surface area is 158 Å². The Morgan fingerprint density at radius 2 is 1.65 bits per heavy atom. The number of benzene rings is 2. The Hall–Kier alpha value is -2.86. The third-order valence-electron chi connectivity index (χ3n) is 3.49. The molecule has 2 aromatic carbocycles. The first-order valence-electron chi connectivity index (χ1n) is 7.84. The second-order valence-corrected chi connectivity index (χ2v) is 6.29. The Balaban J connectivity index is 1.51. The molecular formula is C20H15BrO5. The van der Waals surface area contributed by atoms with Crippen LogP contribution in [-0.2, 0) is 11.3 Å². The summed E-state index contributed by atoms with van der Waals surface area (Å²) in [7, 11) is 0. The highest BCUT2D eigenvalue weighted by Gasteiger charge is 2.15. The highest BCUT2D eigenvalue weighted by molar-refractivity contribution is 9.10. The van der Waals surface area contributed by atoms with Gasteiger partial charge in [-0.15, -0.1) is 0 Å². The minimum atomic E-state index is -0.693. The van der Waals surface area contributed by atoms with Crippen LogP contribution in [0.3, 0.4) is 0 Å². The number of halogens is 1. The van der Waals surface area contributed by atoms with Crippen molar-refractivity contribution in [3.05, 3.63) is 88.3 Å². The van der Waals surface area contributed by atoms with Crippen LogP contribution in [0.1, 0.15) is 26.7 Å². The van der Waals surface area contributed by atoms with E-state index in [0.29, 0.717) is 17.1 Å². The second-order valence-electron chi connectivity index (χ2n) is 5.37. The molecule has 0 aliphatic heterocycles. The third kappa shape index (κ3) is 4.83. The predicted octanol–water partition coefficient (Wildman–Crippen LogP) is 4.66. The normalized spacial score (nSPS) is 10.3. The van der Waals surface area contributed by atoms with Gasteiger partial charge >= 0.3 is 5.97 Å². The highest BCUT2D eigenvalue weighted by Crippen LogP contribution is 2.15. The van der Waals surface area contributed by atoms with Crippen molar-refractivity contribution in [2.75, 3.05) is 6.61 Å². The minimum Gasteiger partial charge on any atom is -0.486 e. The Kier molecular flexibility index (Phi) is 5.86. The largest absolute Gasteiger partial charge is 0.486 e. The van der Waals surface area contributed by atoms with E-state index < -0.39 is 5.97 Å². The van der Waals surface area contributed by atoms with Crippen molar-refractivity contribution in [2.24, 2.45) is 0 Å². The fraction of sp³-hybridized carbons (Fsp3) is 0.100. The van der Waals surface area contributed by atoms with Crippen molar-refractivity contribution in [2.45, 2.75) is 6.61 Å². The van der Waals surface area contributed by atoms with Gasteiger partial charge in [0.05, 0.1) is 0 Å². The molecule has 5 nitrogen and oxygen atoms in total. The van der Waals surface area contributed by atoms with Crippen LogP contribution in [0.4, 0.5) is 0 Å². The molecule has 0 spiro atoms. The number of carbonyl (C=O) groups excluding carboxylic acids is 2. The van der Waals surface area contributed by atoms with Gasteiger partial charge in [0.1, 0.15) is 18.1 Å². The summed E-state index contributed by atoms with van der Waals surface area (Å²) in [4.78, 5) is 24.0. The van der Waals surface area contributed by atoms with Gasteiger partial charge in [-0.25, -0.2) is 4.79 Å². The summed E-state index contributed by atoms with van der Waals surface area (Å²) in [6.45, 7) is -0.161. The summed E-state index contributed by atoms with van der Waals surface area (Å²) < 4.78 is 16.8. The summed E-state index contributed by atoms with van der Waals surface area (Å²) in [5.74, 6) is 0.236. The van der Waals surface area contributed by atoms with Crippen LogP contribution in [-0.4, -0.2) is 18.4 Å². The van der Waals surface area contributed by atoms with E-state index in [1.54, 1.807) is 30.3 Å². The summed E-state index contributed by atoms with van der Waals surface area (Å²) >= 11 is 3.30. The monoisotopic (exact) mass is 414 g/mol. The van der Waals surface area contributed by atoms with Crippen molar-refractivity contribution in [1.82, 2.24) is 0 Å². The molecule has 0 radical (unpaired) electrons. The Bertz CT molecular complexity index is 884. The molecule has 0 atom stereocenters. The fourth-order valence-corrected chi connectivity index (χ4v) is 2.42. The van der Waals surface area contributed by atoms with E-state index in [2.05, 4.69) is 15.9 Å². The number of Topliss-reactive ketones (excluding diaryl/α,β-unsaturated/α-hetero) is 1. The molecule has 3 rings (SSSR count). The SMILES string of the molecule is O=C(COC(=O)c1ccc(COc2ccccc2)o1)c1ccc(Br)cc1. The maximum absolute atomic E-state index is 12.0. The van der Waals surface area contributed by atoms with Crippen molar-refractivity contribution in [3.8, 4) is 5.75 Å². The molecule has 6 heteroatoms. The van der Waals surface area contributed by atoms with Gasteiger partial charge < -0.3 is 13.9 Å². The summed E-state index contributed by atoms with van der Waals surface area (Å²) in [6.07, 6.45) is 0. The summed E-state index contributed by atoms with van der Waals surface area (Å²) in [5, 5.41) is 0. The van der Waals surface area contributed by atoms with E-state index >= 15 is 0 Å². The molecule has 0 saturated heterocycles. The van der Waals surface area contributed by atoms with Crippen LogP contribution in [0, 0.1) is 0 Å². The zero-order valence-electron chi connectivity index (χ0n) is 13.7. The molecule has 1 heterocycles. The summed E-state index contributed by atoms with van der Waals surface area (Å²) in [6, 6.07) is 19.2. The molecular weight excluding hydrogens is 400 g/mol. The maximum Gasteiger partial charge on any atom is 0.374 e. The van der Waals surface area contributed by atoms with E-state index in [9.17, 15) is 9.59 Å². The number of hydrogen-bond acceptors (Lipinski definition) is 5. The van der Waals surface area contributed by atoms with E-state index in [-0.39, 0.29) is 24.8 Å². The molecule has 0 N–H and O–H groups in total. The van der Waals surface area contributed by atoms with E-state index in [1.165, 1.54) is 6.07 Å². The smallest absolute Gasteiger partial charge is 0.374 e. The van der Waals surface area contributed by atoms with Gasteiger partial charge in [-0.3, -0.25) is 4.79 Å². The highest BCUT2D eigenvalue weighted by atomic mass is 79.9. The first kappa shape index (κ1) is 17.9. The lowest BCUT2D eigenvalue weighted by molar-refractivity contribution is 0.0440. The first-order chi connectivity index (χ1) is 12.6. The number of hydrogen-bond donors (Lipinski definition) is 0. The quantitative estimate of drug-likeness (QED) is 0.415. The van der Waals surface area contributed by atoms with Crippen LogP contribution >= 0.6 is 15.9 Å². The first-order valence-corrected chi connectivity index (χ1v) is 8.63. The Morgan fingerprint density at radius 3 is 2.38 bits per heavy atom. The summed E-state index contributed by atoms with van der Waals surface area (Å²) in [5.41, 5.74) is 0.470. The van der Waals surface area contributed by atoms with Crippen LogP contribution in [0.15, 0.2) is 75.6 Å². The van der Waals surface area contributed by atoms with Crippen molar-refractivity contribution in [1.29, 1.82) is 0 Å². The van der Waals surface area contributed by atoms with E-state index in [4.69, 9.17) is 13.9 Å². The molecule has 1 aromatic heterocycles. The zero-order chi connectivity index (χ0) is 18.4. The zero-order valence-corrected chi connectivity index (χ0v) is 15.3. The van der Waals surface area contributed by atoms with Crippen LogP contribution in [0.2, 0.25) is 0 Å².